The number of aromatic amines is 1. The molecule has 23 heavy (non-hydrogen) atoms. The van der Waals surface area contributed by atoms with Gasteiger partial charge in [-0.3, -0.25) is 10.1 Å². The first-order valence-corrected chi connectivity index (χ1v) is 7.59. The van der Waals surface area contributed by atoms with Gasteiger partial charge in [-0.2, -0.15) is 0 Å². The molecule has 0 unspecified atom stereocenters. The Hall–Kier alpha value is -2.83. The molecule has 4 rings (SSSR count). The number of carbonyl (C=O) groups is 1. The van der Waals surface area contributed by atoms with Crippen LogP contribution in [0.15, 0.2) is 29.1 Å². The van der Waals surface area contributed by atoms with E-state index in [9.17, 15) is 4.79 Å². The average Bonchev–Trinajstić information content (AvgIpc) is 3.22. The number of aliphatic imine (C=N–C) groups is 1. The molecule has 7 heteroatoms. The number of carbonyl (C=O) groups excluding carboxylic acids is 1. The quantitative estimate of drug-likeness (QED) is 0.744. The molecule has 3 heterocycles. The second-order valence-electron chi connectivity index (χ2n) is 5.78. The molecule has 1 amide bonds. The average molecular weight is 311 g/mol. The Morgan fingerprint density at radius 3 is 3.13 bits per heavy atom. The molecule has 1 fully saturated rings. The van der Waals surface area contributed by atoms with Crippen LogP contribution in [0.1, 0.15) is 18.4 Å². The van der Waals surface area contributed by atoms with E-state index in [0.29, 0.717) is 17.4 Å². The van der Waals surface area contributed by atoms with Crippen LogP contribution in [-0.2, 0) is 4.79 Å². The molecule has 7 nitrogen and oxygen atoms in total. The van der Waals surface area contributed by atoms with E-state index in [1.165, 1.54) is 12.8 Å². The smallest absolute Gasteiger partial charge is 0.276 e. The number of ether oxygens (including phenoxy) is 1. The molecule has 0 spiro atoms. The molecule has 2 aromatic heterocycles. The molecule has 118 valence electrons. The van der Waals surface area contributed by atoms with Gasteiger partial charge in [-0.1, -0.05) is 0 Å². The maximum atomic E-state index is 12.0. The molecule has 0 saturated heterocycles. The number of aromatic nitrogens is 2. The fraction of sp³-hybridized carbons (Fsp3) is 0.312. The highest BCUT2D eigenvalue weighted by atomic mass is 16.5. The highest BCUT2D eigenvalue weighted by molar-refractivity contribution is 6.14. The van der Waals surface area contributed by atoms with Crippen LogP contribution in [0.3, 0.4) is 0 Å². The van der Waals surface area contributed by atoms with E-state index in [-0.39, 0.29) is 5.91 Å². The molecule has 0 bridgehead atoms. The molecular weight excluding hydrogens is 294 g/mol. The molecule has 1 aliphatic carbocycles. The Labute approximate surface area is 132 Å². The van der Waals surface area contributed by atoms with Crippen LogP contribution in [0.25, 0.3) is 17.1 Å². The summed E-state index contributed by atoms with van der Waals surface area (Å²) in [5, 5.41) is 6.82. The van der Waals surface area contributed by atoms with Gasteiger partial charge in [0.25, 0.3) is 5.91 Å². The van der Waals surface area contributed by atoms with Crippen molar-refractivity contribution in [3.63, 3.8) is 0 Å². The monoisotopic (exact) mass is 311 g/mol. The Kier molecular flexibility index (Phi) is 3.25. The minimum Gasteiger partial charge on any atom is -0.495 e. The molecular formula is C16H17N5O2. The second-order valence-corrected chi connectivity index (χ2v) is 5.78. The summed E-state index contributed by atoms with van der Waals surface area (Å²) in [4.78, 5) is 23.7. The Balaban J connectivity index is 1.62. The minimum absolute atomic E-state index is 0.200. The lowest BCUT2D eigenvalue weighted by atomic mass is 10.2. The van der Waals surface area contributed by atoms with Gasteiger partial charge in [0.15, 0.2) is 0 Å². The highest BCUT2D eigenvalue weighted by Gasteiger charge is 2.24. The summed E-state index contributed by atoms with van der Waals surface area (Å²) in [7, 11) is 1.60. The number of fused-ring (bicyclic) bond motifs is 1. The first-order chi connectivity index (χ1) is 11.2. The standard InChI is InChI=1S/C16H17N5O2/c1-23-11-5-12-10(7-17-14(12)18-8-11)4-13-15(22)21-16(20-13)19-6-9-2-3-9/h4-5,7-9H,2-3,6H2,1H3,(H,17,18)(H2,19,20,21,22)/b13-4-. The zero-order valence-electron chi connectivity index (χ0n) is 12.7. The van der Waals surface area contributed by atoms with Gasteiger partial charge in [-0.05, 0) is 30.9 Å². The number of pyridine rings is 1. The van der Waals surface area contributed by atoms with Crippen LogP contribution in [0, 0.1) is 5.92 Å². The van der Waals surface area contributed by atoms with Crippen LogP contribution < -0.4 is 15.4 Å². The summed E-state index contributed by atoms with van der Waals surface area (Å²) >= 11 is 0. The predicted octanol–water partition coefficient (Wildman–Crippen LogP) is 1.40. The summed E-state index contributed by atoms with van der Waals surface area (Å²) in [5.74, 6) is 1.72. The number of hydrogen-bond donors (Lipinski definition) is 3. The number of amides is 1. The third-order valence-corrected chi connectivity index (χ3v) is 4.02. The van der Waals surface area contributed by atoms with Gasteiger partial charge in [0.05, 0.1) is 13.3 Å². The summed E-state index contributed by atoms with van der Waals surface area (Å²) < 4.78 is 5.20. The maximum Gasteiger partial charge on any atom is 0.276 e. The van der Waals surface area contributed by atoms with Crippen molar-refractivity contribution < 1.29 is 9.53 Å². The summed E-state index contributed by atoms with van der Waals surface area (Å²) in [5.41, 5.74) is 1.97. The second kappa shape index (κ2) is 5.42. The summed E-state index contributed by atoms with van der Waals surface area (Å²) in [6.45, 7) is 0.862. The van der Waals surface area contributed by atoms with Gasteiger partial charge in [0.1, 0.15) is 17.1 Å². The minimum atomic E-state index is -0.200. The molecule has 0 aromatic carbocycles. The van der Waals surface area contributed by atoms with Crippen molar-refractivity contribution in [1.29, 1.82) is 0 Å². The van der Waals surface area contributed by atoms with Crippen LogP contribution in [-0.4, -0.2) is 35.5 Å². The van der Waals surface area contributed by atoms with Crippen LogP contribution >= 0.6 is 0 Å². The number of methoxy groups -OCH3 is 1. The number of hydrogen-bond acceptors (Lipinski definition) is 5. The van der Waals surface area contributed by atoms with E-state index in [4.69, 9.17) is 4.74 Å². The van der Waals surface area contributed by atoms with E-state index in [1.807, 2.05) is 12.3 Å². The van der Waals surface area contributed by atoms with Crippen molar-refractivity contribution in [2.24, 2.45) is 10.9 Å². The number of rotatable bonds is 4. The van der Waals surface area contributed by atoms with Crippen molar-refractivity contribution in [1.82, 2.24) is 20.6 Å². The molecule has 1 saturated carbocycles. The zero-order valence-corrected chi connectivity index (χ0v) is 12.7. The van der Waals surface area contributed by atoms with Crippen molar-refractivity contribution in [3.05, 3.63) is 29.7 Å². The van der Waals surface area contributed by atoms with Gasteiger partial charge >= 0.3 is 0 Å². The molecule has 3 N–H and O–H groups in total. The van der Waals surface area contributed by atoms with Crippen molar-refractivity contribution >= 4 is 29.0 Å². The normalized spacial score (nSPS) is 19.1. The number of guanidine groups is 1. The lowest BCUT2D eigenvalue weighted by Crippen LogP contribution is -2.37. The molecule has 2 aromatic rings. The molecule has 2 aliphatic rings. The van der Waals surface area contributed by atoms with E-state index in [0.717, 1.165) is 29.1 Å². The topological polar surface area (TPSA) is 91.4 Å². The van der Waals surface area contributed by atoms with E-state index < -0.39 is 0 Å². The number of H-pyrrole nitrogens is 1. The largest absolute Gasteiger partial charge is 0.495 e. The predicted molar refractivity (Wildman–Crippen MR) is 86.9 cm³/mol. The van der Waals surface area contributed by atoms with Gasteiger partial charge in [0.2, 0.25) is 5.96 Å². The Morgan fingerprint density at radius 2 is 2.35 bits per heavy atom. The molecule has 0 radical (unpaired) electrons. The van der Waals surface area contributed by atoms with E-state index >= 15 is 0 Å². The Morgan fingerprint density at radius 1 is 1.48 bits per heavy atom. The molecule has 0 atom stereocenters. The Bertz CT molecular complexity index is 832. The number of nitrogens with zero attached hydrogens (tertiary/aromatic N) is 2. The van der Waals surface area contributed by atoms with E-state index in [2.05, 4.69) is 25.6 Å². The lowest BCUT2D eigenvalue weighted by molar-refractivity contribution is -0.115. The van der Waals surface area contributed by atoms with Gasteiger partial charge in [0, 0.05) is 23.7 Å². The van der Waals surface area contributed by atoms with E-state index in [1.54, 1.807) is 19.4 Å². The summed E-state index contributed by atoms with van der Waals surface area (Å²) in [6.07, 6.45) is 7.71. The van der Waals surface area contributed by atoms with Gasteiger partial charge in [-0.25, -0.2) is 9.98 Å². The maximum absolute atomic E-state index is 12.0. The van der Waals surface area contributed by atoms with Crippen molar-refractivity contribution in [2.45, 2.75) is 12.8 Å². The number of nitrogens with one attached hydrogen (secondary N) is 3. The fourth-order valence-electron chi connectivity index (χ4n) is 2.50. The lowest BCUT2D eigenvalue weighted by Gasteiger charge is -2.02. The van der Waals surface area contributed by atoms with Crippen LogP contribution in [0.4, 0.5) is 0 Å². The molecule has 1 aliphatic heterocycles. The highest BCUT2D eigenvalue weighted by Crippen LogP contribution is 2.28. The third kappa shape index (κ3) is 2.77. The van der Waals surface area contributed by atoms with Gasteiger partial charge in [-0.15, -0.1) is 0 Å². The van der Waals surface area contributed by atoms with Crippen molar-refractivity contribution in [3.8, 4) is 5.75 Å². The van der Waals surface area contributed by atoms with Gasteiger partial charge < -0.3 is 15.0 Å². The van der Waals surface area contributed by atoms with Crippen LogP contribution in [0.2, 0.25) is 0 Å². The SMILES string of the molecule is COc1cnc2[nH]cc(/C=C3\N=C(NCC4CC4)NC3=O)c2c1. The third-order valence-electron chi connectivity index (χ3n) is 4.02. The fourth-order valence-corrected chi connectivity index (χ4v) is 2.50. The van der Waals surface area contributed by atoms with Crippen LogP contribution in [0.5, 0.6) is 5.75 Å². The van der Waals surface area contributed by atoms with Crippen molar-refractivity contribution in [2.75, 3.05) is 13.7 Å². The first kappa shape index (κ1) is 13.8. The zero-order chi connectivity index (χ0) is 15.8. The summed E-state index contributed by atoms with van der Waals surface area (Å²) in [6, 6.07) is 1.88. The first-order valence-electron chi connectivity index (χ1n) is 7.59.